The minimum atomic E-state index is -0.583. The van der Waals surface area contributed by atoms with Gasteiger partial charge < -0.3 is 14.4 Å². The van der Waals surface area contributed by atoms with Crippen molar-refractivity contribution in [1.29, 1.82) is 0 Å². The molecule has 1 aromatic heterocycles. The molecule has 1 saturated carbocycles. The van der Waals surface area contributed by atoms with E-state index in [1.807, 2.05) is 25.1 Å². The number of aliphatic hydroxyl groups is 1. The van der Waals surface area contributed by atoms with Gasteiger partial charge in [0.2, 0.25) is 0 Å². The van der Waals surface area contributed by atoms with E-state index >= 15 is 0 Å². The SMILES string of the molecule is Cc1ccc(C)c(OC[C@@H](O)Cn2c(C3CCCCC3)nc3ccccc32)c1. The first kappa shape index (κ1) is 19.0. The number of aromatic nitrogens is 2. The van der Waals surface area contributed by atoms with Crippen LogP contribution in [0.4, 0.5) is 0 Å². The lowest BCUT2D eigenvalue weighted by atomic mass is 9.88. The summed E-state index contributed by atoms with van der Waals surface area (Å²) < 4.78 is 8.17. The number of nitrogens with zero attached hydrogens (tertiary/aromatic N) is 2. The molecule has 0 unspecified atom stereocenters. The van der Waals surface area contributed by atoms with Crippen LogP contribution in [0.3, 0.4) is 0 Å². The van der Waals surface area contributed by atoms with Crippen molar-refractivity contribution in [3.8, 4) is 5.75 Å². The van der Waals surface area contributed by atoms with Crippen molar-refractivity contribution in [2.24, 2.45) is 0 Å². The molecular formula is C24H30N2O2. The van der Waals surface area contributed by atoms with Crippen molar-refractivity contribution in [2.45, 2.75) is 64.5 Å². The molecular weight excluding hydrogens is 348 g/mol. The summed E-state index contributed by atoms with van der Waals surface area (Å²) in [7, 11) is 0. The molecule has 1 aliphatic carbocycles. The van der Waals surface area contributed by atoms with Gasteiger partial charge in [0.05, 0.1) is 17.6 Å². The Morgan fingerprint density at radius 3 is 2.71 bits per heavy atom. The van der Waals surface area contributed by atoms with E-state index < -0.39 is 6.10 Å². The van der Waals surface area contributed by atoms with Crippen molar-refractivity contribution >= 4 is 11.0 Å². The normalized spacial score (nSPS) is 16.4. The molecule has 0 amide bonds. The summed E-state index contributed by atoms with van der Waals surface area (Å²) in [5.74, 6) is 2.47. The van der Waals surface area contributed by atoms with Gasteiger partial charge in [-0.2, -0.15) is 0 Å². The van der Waals surface area contributed by atoms with E-state index in [-0.39, 0.29) is 6.61 Å². The molecule has 0 radical (unpaired) electrons. The summed E-state index contributed by atoms with van der Waals surface area (Å²) in [6.45, 7) is 4.88. The fourth-order valence-electron chi connectivity index (χ4n) is 4.27. The molecule has 0 aliphatic heterocycles. The lowest BCUT2D eigenvalue weighted by Gasteiger charge is -2.23. The Labute approximate surface area is 167 Å². The summed E-state index contributed by atoms with van der Waals surface area (Å²) >= 11 is 0. The number of para-hydroxylation sites is 2. The maximum atomic E-state index is 10.8. The summed E-state index contributed by atoms with van der Waals surface area (Å²) in [5, 5.41) is 10.8. The topological polar surface area (TPSA) is 47.3 Å². The van der Waals surface area contributed by atoms with Crippen molar-refractivity contribution in [1.82, 2.24) is 9.55 Å². The second kappa shape index (κ2) is 8.36. The second-order valence-corrected chi connectivity index (χ2v) is 8.14. The Balaban J connectivity index is 1.53. The number of aliphatic hydroxyl groups excluding tert-OH is 1. The third-order valence-electron chi connectivity index (χ3n) is 5.82. The molecule has 0 bridgehead atoms. The smallest absolute Gasteiger partial charge is 0.122 e. The third kappa shape index (κ3) is 4.07. The number of imidazole rings is 1. The van der Waals surface area contributed by atoms with Crippen LogP contribution in [-0.2, 0) is 6.54 Å². The van der Waals surface area contributed by atoms with Crippen LogP contribution in [0.25, 0.3) is 11.0 Å². The summed E-state index contributed by atoms with van der Waals surface area (Å²) in [6.07, 6.45) is 5.66. The molecule has 1 aliphatic rings. The zero-order chi connectivity index (χ0) is 19.5. The standard InChI is InChI=1S/C24H30N2O2/c1-17-12-13-18(2)23(14-17)28-16-20(27)15-26-22-11-7-6-10-21(22)25-24(26)19-8-4-3-5-9-19/h6-7,10-14,19-20,27H,3-5,8-9,15-16H2,1-2H3/t20-/m0/s1. The summed E-state index contributed by atoms with van der Waals surface area (Å²) in [4.78, 5) is 4.94. The van der Waals surface area contributed by atoms with E-state index in [2.05, 4.69) is 35.8 Å². The summed E-state index contributed by atoms with van der Waals surface area (Å²) in [5.41, 5.74) is 4.38. The van der Waals surface area contributed by atoms with Crippen LogP contribution in [0.5, 0.6) is 5.75 Å². The first-order valence-electron chi connectivity index (χ1n) is 10.4. The highest BCUT2D eigenvalue weighted by Gasteiger charge is 2.23. The lowest BCUT2D eigenvalue weighted by Crippen LogP contribution is -2.25. The van der Waals surface area contributed by atoms with Gasteiger partial charge in [-0.05, 0) is 56.0 Å². The van der Waals surface area contributed by atoms with Crippen LogP contribution in [0.15, 0.2) is 42.5 Å². The Kier molecular flexibility index (Phi) is 5.67. The average molecular weight is 379 g/mol. The van der Waals surface area contributed by atoms with E-state index in [4.69, 9.17) is 9.72 Å². The minimum absolute atomic E-state index is 0.279. The highest BCUT2D eigenvalue weighted by Crippen LogP contribution is 2.34. The molecule has 4 nitrogen and oxygen atoms in total. The Morgan fingerprint density at radius 1 is 1.11 bits per heavy atom. The number of fused-ring (bicyclic) bond motifs is 1. The van der Waals surface area contributed by atoms with Gasteiger partial charge in [0.25, 0.3) is 0 Å². The molecule has 3 aromatic rings. The van der Waals surface area contributed by atoms with Gasteiger partial charge >= 0.3 is 0 Å². The minimum Gasteiger partial charge on any atom is -0.491 e. The van der Waals surface area contributed by atoms with Crippen molar-refractivity contribution in [3.63, 3.8) is 0 Å². The zero-order valence-electron chi connectivity index (χ0n) is 16.9. The maximum Gasteiger partial charge on any atom is 0.122 e. The molecule has 148 valence electrons. The molecule has 0 saturated heterocycles. The van der Waals surface area contributed by atoms with Gasteiger partial charge in [-0.15, -0.1) is 0 Å². The van der Waals surface area contributed by atoms with E-state index in [0.717, 1.165) is 33.7 Å². The van der Waals surface area contributed by atoms with Gasteiger partial charge in [0.15, 0.2) is 0 Å². The highest BCUT2D eigenvalue weighted by molar-refractivity contribution is 5.76. The van der Waals surface area contributed by atoms with Crippen LogP contribution >= 0.6 is 0 Å². The Morgan fingerprint density at radius 2 is 1.89 bits per heavy atom. The van der Waals surface area contributed by atoms with Gasteiger partial charge in [-0.3, -0.25) is 0 Å². The largest absolute Gasteiger partial charge is 0.491 e. The van der Waals surface area contributed by atoms with Crippen molar-refractivity contribution in [2.75, 3.05) is 6.61 Å². The zero-order valence-corrected chi connectivity index (χ0v) is 16.9. The van der Waals surface area contributed by atoms with E-state index in [1.165, 1.54) is 32.1 Å². The second-order valence-electron chi connectivity index (χ2n) is 8.14. The number of aryl methyl sites for hydroxylation is 2. The molecule has 0 spiro atoms. The Hall–Kier alpha value is -2.33. The number of benzene rings is 2. The van der Waals surface area contributed by atoms with Crippen LogP contribution < -0.4 is 4.74 Å². The molecule has 2 aromatic carbocycles. The van der Waals surface area contributed by atoms with E-state index in [9.17, 15) is 5.11 Å². The monoisotopic (exact) mass is 378 g/mol. The predicted molar refractivity (Wildman–Crippen MR) is 113 cm³/mol. The average Bonchev–Trinajstić information content (AvgIpc) is 3.08. The quantitative estimate of drug-likeness (QED) is 0.646. The molecule has 4 rings (SSSR count). The molecule has 28 heavy (non-hydrogen) atoms. The summed E-state index contributed by atoms with van der Waals surface area (Å²) in [6, 6.07) is 14.4. The third-order valence-corrected chi connectivity index (χ3v) is 5.82. The van der Waals surface area contributed by atoms with Gasteiger partial charge in [0.1, 0.15) is 24.3 Å². The predicted octanol–water partition coefficient (Wildman–Crippen LogP) is 5.14. The number of hydrogen-bond donors (Lipinski definition) is 1. The van der Waals surface area contributed by atoms with E-state index in [1.54, 1.807) is 0 Å². The Bertz CT molecular complexity index is 941. The van der Waals surface area contributed by atoms with E-state index in [0.29, 0.717) is 12.5 Å². The molecule has 1 N–H and O–H groups in total. The van der Waals surface area contributed by atoms with Gasteiger partial charge in [-0.1, -0.05) is 43.5 Å². The van der Waals surface area contributed by atoms with Crippen molar-refractivity contribution in [3.05, 3.63) is 59.4 Å². The van der Waals surface area contributed by atoms with Gasteiger partial charge in [-0.25, -0.2) is 4.98 Å². The molecule has 1 atom stereocenters. The molecule has 4 heteroatoms. The molecule has 1 fully saturated rings. The van der Waals surface area contributed by atoms with Gasteiger partial charge in [0, 0.05) is 5.92 Å². The first-order chi connectivity index (χ1) is 13.6. The van der Waals surface area contributed by atoms with Crippen LogP contribution in [0.2, 0.25) is 0 Å². The number of hydrogen-bond acceptors (Lipinski definition) is 3. The molecule has 1 heterocycles. The van der Waals surface area contributed by atoms with Crippen LogP contribution in [-0.4, -0.2) is 27.4 Å². The first-order valence-corrected chi connectivity index (χ1v) is 10.4. The van der Waals surface area contributed by atoms with Crippen molar-refractivity contribution < 1.29 is 9.84 Å². The highest BCUT2D eigenvalue weighted by atomic mass is 16.5. The number of ether oxygens (including phenoxy) is 1. The fourth-order valence-corrected chi connectivity index (χ4v) is 4.27. The fraction of sp³-hybridized carbons (Fsp3) is 0.458. The van der Waals surface area contributed by atoms with Crippen LogP contribution in [0, 0.1) is 13.8 Å². The maximum absolute atomic E-state index is 10.8. The lowest BCUT2D eigenvalue weighted by molar-refractivity contribution is 0.0918. The van der Waals surface area contributed by atoms with Crippen LogP contribution in [0.1, 0.15) is 55.0 Å². The number of rotatable bonds is 6.